The first-order valence-corrected chi connectivity index (χ1v) is 18.4. The largest absolute Gasteiger partial charge is 0.333 e. The number of allylic oxidation sites excluding steroid dienone is 2. The van der Waals surface area contributed by atoms with Crippen LogP contribution in [-0.4, -0.2) is 20.0 Å². The van der Waals surface area contributed by atoms with Crippen molar-refractivity contribution in [3.8, 4) is 16.8 Å². The summed E-state index contributed by atoms with van der Waals surface area (Å²) in [6.07, 6.45) is 9.03. The van der Waals surface area contributed by atoms with Crippen LogP contribution in [-0.2, 0) is 0 Å². The van der Waals surface area contributed by atoms with Gasteiger partial charge in [-0.3, -0.25) is 4.40 Å². The van der Waals surface area contributed by atoms with Crippen LogP contribution >= 0.6 is 0 Å². The molecule has 4 heterocycles. The summed E-state index contributed by atoms with van der Waals surface area (Å²) in [5.74, 6) is 0.372. The van der Waals surface area contributed by atoms with Gasteiger partial charge in [-0.25, -0.2) is 4.98 Å². The molecule has 53 heavy (non-hydrogen) atoms. The van der Waals surface area contributed by atoms with Crippen molar-refractivity contribution in [3.05, 3.63) is 188 Å². The molecule has 10 aromatic rings. The van der Waals surface area contributed by atoms with Crippen LogP contribution in [0.5, 0.6) is 0 Å². The Hall–Kier alpha value is -6.91. The number of rotatable bonds is 3. The van der Waals surface area contributed by atoms with Gasteiger partial charge in [-0.2, -0.15) is 0 Å². The number of hydrogen-bond acceptors (Lipinski definition) is 2. The molecule has 0 N–H and O–H groups in total. The van der Waals surface area contributed by atoms with Crippen molar-refractivity contribution in [2.24, 2.45) is 0 Å². The molecule has 7 aromatic carbocycles. The first-order chi connectivity index (χ1) is 26.3. The molecule has 2 aliphatic rings. The second-order valence-electron chi connectivity index (χ2n) is 14.4. The van der Waals surface area contributed by atoms with E-state index in [1.807, 2.05) is 0 Å². The van der Waals surface area contributed by atoms with Crippen molar-refractivity contribution in [2.75, 3.05) is 4.90 Å². The van der Waals surface area contributed by atoms with Crippen LogP contribution < -0.4 is 4.90 Å². The molecule has 4 heteroatoms. The van der Waals surface area contributed by atoms with Crippen LogP contribution in [0.4, 0.5) is 11.4 Å². The van der Waals surface area contributed by atoms with E-state index in [1.165, 1.54) is 60.6 Å². The Kier molecular flexibility index (Phi) is 5.86. The molecular formula is C49H32N4. The second kappa shape index (κ2) is 10.8. The highest BCUT2D eigenvalue weighted by atomic mass is 15.2. The number of nitrogens with zero attached hydrogens (tertiary/aromatic N) is 4. The summed E-state index contributed by atoms with van der Waals surface area (Å²) in [6, 6.07) is 58.0. The van der Waals surface area contributed by atoms with Gasteiger partial charge in [0.25, 0.3) is 0 Å². The van der Waals surface area contributed by atoms with Crippen molar-refractivity contribution in [2.45, 2.75) is 12.0 Å². The van der Waals surface area contributed by atoms with E-state index in [1.54, 1.807) is 0 Å². The molecule has 0 bridgehead atoms. The number of para-hydroxylation sites is 5. The van der Waals surface area contributed by atoms with Gasteiger partial charge in [0.15, 0.2) is 0 Å². The summed E-state index contributed by atoms with van der Waals surface area (Å²) >= 11 is 0. The summed E-state index contributed by atoms with van der Waals surface area (Å²) < 4.78 is 4.76. The van der Waals surface area contributed by atoms with Crippen LogP contribution in [0.3, 0.4) is 0 Å². The van der Waals surface area contributed by atoms with Crippen LogP contribution in [0.15, 0.2) is 182 Å². The van der Waals surface area contributed by atoms with Gasteiger partial charge in [0.1, 0.15) is 5.65 Å². The molecular weight excluding hydrogens is 645 g/mol. The molecule has 248 valence electrons. The van der Waals surface area contributed by atoms with E-state index >= 15 is 0 Å². The first kappa shape index (κ1) is 28.8. The molecule has 0 radical (unpaired) electrons. The lowest BCUT2D eigenvalue weighted by Crippen LogP contribution is -2.28. The Bertz CT molecular complexity index is 3140. The molecule has 1 aliphatic carbocycles. The highest BCUT2D eigenvalue weighted by Gasteiger charge is 2.36. The topological polar surface area (TPSA) is 25.5 Å². The molecule has 0 saturated carbocycles. The lowest BCUT2D eigenvalue weighted by molar-refractivity contribution is 0.745. The lowest BCUT2D eigenvalue weighted by Gasteiger charge is -2.28. The van der Waals surface area contributed by atoms with Crippen LogP contribution in [0, 0.1) is 0 Å². The van der Waals surface area contributed by atoms with Gasteiger partial charge < -0.3 is 9.47 Å². The molecule has 0 amide bonds. The zero-order chi connectivity index (χ0) is 34.6. The second-order valence-corrected chi connectivity index (χ2v) is 14.4. The Morgan fingerprint density at radius 2 is 1.09 bits per heavy atom. The quantitative estimate of drug-likeness (QED) is 0.174. The summed E-state index contributed by atoms with van der Waals surface area (Å²) in [5, 5.41) is 6.08. The van der Waals surface area contributed by atoms with Gasteiger partial charge in [-0.1, -0.05) is 115 Å². The zero-order valence-electron chi connectivity index (χ0n) is 28.8. The van der Waals surface area contributed by atoms with E-state index in [9.17, 15) is 0 Å². The van der Waals surface area contributed by atoms with Crippen LogP contribution in [0.1, 0.15) is 11.5 Å². The fraction of sp³-hybridized carbons (Fsp3) is 0.0408. The van der Waals surface area contributed by atoms with Crippen LogP contribution in [0.25, 0.3) is 77.0 Å². The lowest BCUT2D eigenvalue weighted by atomic mass is 9.91. The maximum atomic E-state index is 5.24. The average Bonchev–Trinajstić information content (AvgIpc) is 3.89. The van der Waals surface area contributed by atoms with E-state index < -0.39 is 0 Å². The summed E-state index contributed by atoms with van der Waals surface area (Å²) in [5.41, 5.74) is 14.1. The Balaban J connectivity index is 1.04. The number of aromatic nitrogens is 3. The summed E-state index contributed by atoms with van der Waals surface area (Å²) in [6.45, 7) is 0. The Labute approximate surface area is 305 Å². The number of hydrogen-bond donors (Lipinski definition) is 0. The smallest absolute Gasteiger partial charge is 0.146 e. The van der Waals surface area contributed by atoms with E-state index in [0.717, 1.165) is 33.3 Å². The van der Waals surface area contributed by atoms with E-state index in [-0.39, 0.29) is 6.04 Å². The number of fused-ring (bicyclic) bond motifs is 14. The minimum atomic E-state index is 0.287. The van der Waals surface area contributed by atoms with Gasteiger partial charge in [-0.05, 0) is 88.8 Å². The van der Waals surface area contributed by atoms with Gasteiger partial charge in [0.2, 0.25) is 0 Å². The highest BCUT2D eigenvalue weighted by molar-refractivity contribution is 6.16. The molecule has 12 rings (SSSR count). The molecule has 4 nitrogen and oxygen atoms in total. The Morgan fingerprint density at radius 1 is 0.453 bits per heavy atom. The predicted octanol–water partition coefficient (Wildman–Crippen LogP) is 12.3. The first-order valence-electron chi connectivity index (χ1n) is 18.4. The fourth-order valence-corrected chi connectivity index (χ4v) is 9.27. The third kappa shape index (κ3) is 4.03. The van der Waals surface area contributed by atoms with Gasteiger partial charge in [0, 0.05) is 44.5 Å². The SMILES string of the molecule is C1=CC2c3ccccc3N(c3ccc(-c4ccc5c(c4)c4ccc(-n6c7ccccc7c7ccccc76)cc4n4c6ccccc6nc54)cc3)C2C=C1. The third-order valence-electron chi connectivity index (χ3n) is 11.6. The third-order valence-corrected chi connectivity index (χ3v) is 11.6. The molecule has 3 aromatic heterocycles. The molecule has 0 spiro atoms. The minimum Gasteiger partial charge on any atom is -0.333 e. The van der Waals surface area contributed by atoms with E-state index in [4.69, 9.17) is 4.98 Å². The Morgan fingerprint density at radius 3 is 1.92 bits per heavy atom. The van der Waals surface area contributed by atoms with Gasteiger partial charge in [0.05, 0.1) is 33.6 Å². The highest BCUT2D eigenvalue weighted by Crippen LogP contribution is 2.48. The average molecular weight is 677 g/mol. The molecule has 0 fully saturated rings. The molecule has 0 saturated heterocycles. The van der Waals surface area contributed by atoms with Crippen molar-refractivity contribution in [3.63, 3.8) is 0 Å². The van der Waals surface area contributed by atoms with Gasteiger partial charge in [-0.15, -0.1) is 0 Å². The molecule has 2 unspecified atom stereocenters. The normalized spacial score (nSPS) is 16.5. The van der Waals surface area contributed by atoms with Crippen molar-refractivity contribution >= 4 is 71.5 Å². The number of benzene rings is 7. The van der Waals surface area contributed by atoms with Crippen molar-refractivity contribution in [1.29, 1.82) is 0 Å². The van der Waals surface area contributed by atoms with Crippen molar-refractivity contribution in [1.82, 2.24) is 14.0 Å². The van der Waals surface area contributed by atoms with Crippen LogP contribution in [0.2, 0.25) is 0 Å². The number of pyridine rings is 1. The molecule has 2 atom stereocenters. The van der Waals surface area contributed by atoms with Crippen molar-refractivity contribution < 1.29 is 0 Å². The van der Waals surface area contributed by atoms with E-state index in [2.05, 4.69) is 196 Å². The van der Waals surface area contributed by atoms with Gasteiger partial charge >= 0.3 is 0 Å². The molecule has 1 aliphatic heterocycles. The number of anilines is 2. The standard InChI is InChI=1S/C49H32N4/c1-6-16-43-35(11-1)36-12-2-7-17-44(36)51(43)33-24-21-31(22-25-33)32-23-27-40-41(29-32)39-28-26-34(30-48(39)53-47-20-10-5-15-42(47)50-49(40)53)52-45-18-8-3-13-37(45)38-14-4-9-19-46(38)52/h1-30,35,43H. The minimum absolute atomic E-state index is 0.287. The summed E-state index contributed by atoms with van der Waals surface area (Å²) in [7, 11) is 0. The summed E-state index contributed by atoms with van der Waals surface area (Å²) in [4.78, 5) is 7.73. The monoisotopic (exact) mass is 676 g/mol. The number of imidazole rings is 1. The fourth-order valence-electron chi connectivity index (χ4n) is 9.27. The maximum absolute atomic E-state index is 5.24. The maximum Gasteiger partial charge on any atom is 0.146 e. The van der Waals surface area contributed by atoms with E-state index in [0.29, 0.717) is 5.92 Å². The predicted molar refractivity (Wildman–Crippen MR) is 221 cm³/mol. The zero-order valence-corrected chi connectivity index (χ0v) is 28.8.